The first-order valence-corrected chi connectivity index (χ1v) is 4.72. The van der Waals surface area contributed by atoms with Crippen molar-refractivity contribution in [3.8, 4) is 0 Å². The summed E-state index contributed by atoms with van der Waals surface area (Å²) >= 11 is 0. The predicted molar refractivity (Wildman–Crippen MR) is 56.7 cm³/mol. The number of halogens is 1. The van der Waals surface area contributed by atoms with Crippen molar-refractivity contribution < 1.29 is 18.8 Å². The molecule has 0 saturated carbocycles. The number of nitro groups is 1. The first-order valence-electron chi connectivity index (χ1n) is 4.72. The number of carbonyl (C=O) groups excluding carboxylic acids is 1. The number of hydrogen-bond acceptors (Lipinski definition) is 5. The van der Waals surface area contributed by atoms with Crippen LogP contribution in [0, 0.1) is 15.9 Å². The molecule has 17 heavy (non-hydrogen) atoms. The maximum Gasteiger partial charge on any atom is 0.322 e. The number of nitrogens with zero attached hydrogens (tertiary/aromatic N) is 1. The summed E-state index contributed by atoms with van der Waals surface area (Å²) in [6.45, 7) is 0. The lowest BCUT2D eigenvalue weighted by Crippen LogP contribution is -2.33. The second-order valence-electron chi connectivity index (χ2n) is 3.34. The van der Waals surface area contributed by atoms with Gasteiger partial charge in [-0.3, -0.25) is 14.9 Å². The highest BCUT2D eigenvalue weighted by atomic mass is 19.1. The smallest absolute Gasteiger partial charge is 0.322 e. The van der Waals surface area contributed by atoms with Crippen LogP contribution >= 0.6 is 0 Å². The van der Waals surface area contributed by atoms with Crippen molar-refractivity contribution in [2.45, 2.75) is 12.5 Å². The fourth-order valence-corrected chi connectivity index (χ4v) is 1.34. The predicted octanol–water partition coefficient (Wildman–Crippen LogP) is 0.777. The van der Waals surface area contributed by atoms with E-state index >= 15 is 0 Å². The average molecular weight is 242 g/mol. The van der Waals surface area contributed by atoms with Crippen LogP contribution < -0.4 is 5.73 Å². The lowest BCUT2D eigenvalue weighted by molar-refractivity contribution is -0.387. The van der Waals surface area contributed by atoms with E-state index in [1.807, 2.05) is 0 Å². The SMILES string of the molecule is COC(=O)C(N)Cc1cccc([N+](=O)[O-])c1F. The van der Waals surface area contributed by atoms with Gasteiger partial charge in [0, 0.05) is 12.5 Å². The summed E-state index contributed by atoms with van der Waals surface area (Å²) in [6.07, 6.45) is -0.153. The van der Waals surface area contributed by atoms with E-state index in [4.69, 9.17) is 5.73 Å². The number of rotatable bonds is 4. The van der Waals surface area contributed by atoms with E-state index in [0.717, 1.165) is 13.2 Å². The van der Waals surface area contributed by atoms with Crippen LogP contribution in [0.15, 0.2) is 18.2 Å². The van der Waals surface area contributed by atoms with Crippen LogP contribution in [0.1, 0.15) is 5.56 Å². The molecule has 0 amide bonds. The number of hydrogen-bond donors (Lipinski definition) is 1. The van der Waals surface area contributed by atoms with E-state index in [9.17, 15) is 19.3 Å². The summed E-state index contributed by atoms with van der Waals surface area (Å²) in [5, 5.41) is 10.5. The second kappa shape index (κ2) is 5.35. The van der Waals surface area contributed by atoms with Gasteiger partial charge in [0.1, 0.15) is 6.04 Å². The molecule has 0 aromatic heterocycles. The molecule has 0 fully saturated rings. The highest BCUT2D eigenvalue weighted by Crippen LogP contribution is 2.21. The molecule has 2 N–H and O–H groups in total. The second-order valence-corrected chi connectivity index (χ2v) is 3.34. The van der Waals surface area contributed by atoms with Gasteiger partial charge in [0.25, 0.3) is 0 Å². The fourth-order valence-electron chi connectivity index (χ4n) is 1.34. The van der Waals surface area contributed by atoms with Crippen molar-refractivity contribution >= 4 is 11.7 Å². The highest BCUT2D eigenvalue weighted by Gasteiger charge is 2.21. The molecule has 0 aliphatic rings. The molecule has 1 aromatic rings. The van der Waals surface area contributed by atoms with Crippen molar-refractivity contribution in [2.75, 3.05) is 7.11 Å². The summed E-state index contributed by atoms with van der Waals surface area (Å²) < 4.78 is 18.0. The van der Waals surface area contributed by atoms with Gasteiger partial charge in [0.15, 0.2) is 0 Å². The van der Waals surface area contributed by atoms with E-state index in [1.165, 1.54) is 12.1 Å². The van der Waals surface area contributed by atoms with E-state index in [-0.39, 0.29) is 12.0 Å². The molecular formula is C10H11FN2O4. The number of methoxy groups -OCH3 is 1. The molecule has 7 heteroatoms. The van der Waals surface area contributed by atoms with Gasteiger partial charge < -0.3 is 10.5 Å². The van der Waals surface area contributed by atoms with E-state index in [0.29, 0.717) is 0 Å². The van der Waals surface area contributed by atoms with Crippen LogP contribution in [0.2, 0.25) is 0 Å². The minimum absolute atomic E-state index is 0.0112. The van der Waals surface area contributed by atoms with Gasteiger partial charge in [0.2, 0.25) is 5.82 Å². The zero-order valence-corrected chi connectivity index (χ0v) is 9.05. The molecule has 6 nitrogen and oxygen atoms in total. The van der Waals surface area contributed by atoms with Gasteiger partial charge in [-0.2, -0.15) is 4.39 Å². The van der Waals surface area contributed by atoms with Crippen LogP contribution in [0.3, 0.4) is 0 Å². The number of nitro benzene ring substituents is 1. The van der Waals surface area contributed by atoms with Crippen molar-refractivity contribution in [2.24, 2.45) is 5.73 Å². The van der Waals surface area contributed by atoms with Gasteiger partial charge in [-0.25, -0.2) is 0 Å². The van der Waals surface area contributed by atoms with Crippen molar-refractivity contribution in [1.29, 1.82) is 0 Å². The third kappa shape index (κ3) is 2.97. The molecule has 0 heterocycles. The third-order valence-corrected chi connectivity index (χ3v) is 2.20. The molecule has 0 radical (unpaired) electrons. The highest BCUT2D eigenvalue weighted by molar-refractivity contribution is 5.75. The van der Waals surface area contributed by atoms with E-state index in [2.05, 4.69) is 4.74 Å². The summed E-state index contributed by atoms with van der Waals surface area (Å²) in [5.74, 6) is -1.67. The number of benzene rings is 1. The monoisotopic (exact) mass is 242 g/mol. The van der Waals surface area contributed by atoms with Gasteiger partial charge in [-0.05, 0) is 5.56 Å². The maximum atomic E-state index is 13.6. The number of ether oxygens (including phenoxy) is 1. The van der Waals surface area contributed by atoms with Gasteiger partial charge in [-0.15, -0.1) is 0 Å². The molecule has 0 saturated heterocycles. The Morgan fingerprint density at radius 3 is 2.82 bits per heavy atom. The van der Waals surface area contributed by atoms with Crippen LogP contribution in [0.4, 0.5) is 10.1 Å². The van der Waals surface area contributed by atoms with Gasteiger partial charge >= 0.3 is 11.7 Å². The third-order valence-electron chi connectivity index (χ3n) is 2.20. The fraction of sp³-hybridized carbons (Fsp3) is 0.300. The van der Waals surface area contributed by atoms with Gasteiger partial charge in [0.05, 0.1) is 12.0 Å². The maximum absolute atomic E-state index is 13.6. The molecule has 1 aromatic carbocycles. The van der Waals surface area contributed by atoms with Crippen LogP contribution in [0.25, 0.3) is 0 Å². The Labute approximate surface area is 96.3 Å². The molecule has 92 valence electrons. The molecule has 0 spiro atoms. The topological polar surface area (TPSA) is 95.5 Å². The lowest BCUT2D eigenvalue weighted by Gasteiger charge is -2.09. The van der Waals surface area contributed by atoms with Gasteiger partial charge in [-0.1, -0.05) is 12.1 Å². The largest absolute Gasteiger partial charge is 0.468 e. The van der Waals surface area contributed by atoms with E-state index in [1.54, 1.807) is 0 Å². The number of carbonyl (C=O) groups is 1. The van der Waals surface area contributed by atoms with E-state index < -0.39 is 28.4 Å². The zero-order valence-electron chi connectivity index (χ0n) is 9.05. The minimum atomic E-state index is -1.04. The number of esters is 1. The van der Waals surface area contributed by atoms with Crippen LogP contribution in [-0.4, -0.2) is 24.0 Å². The number of nitrogens with two attached hydrogens (primary N) is 1. The summed E-state index contributed by atoms with van der Waals surface area (Å²) in [6, 6.07) is 2.67. The lowest BCUT2D eigenvalue weighted by atomic mass is 10.1. The summed E-state index contributed by atoms with van der Waals surface area (Å²) in [7, 11) is 1.16. The van der Waals surface area contributed by atoms with Crippen LogP contribution in [0.5, 0.6) is 0 Å². The molecule has 0 bridgehead atoms. The molecule has 1 rings (SSSR count). The minimum Gasteiger partial charge on any atom is -0.468 e. The van der Waals surface area contributed by atoms with Crippen molar-refractivity contribution in [3.63, 3.8) is 0 Å². The Morgan fingerprint density at radius 1 is 1.65 bits per heavy atom. The molecular weight excluding hydrogens is 231 g/mol. The Hall–Kier alpha value is -2.02. The summed E-state index contributed by atoms with van der Waals surface area (Å²) in [5.41, 5.74) is 4.82. The molecule has 1 atom stereocenters. The van der Waals surface area contributed by atoms with Crippen molar-refractivity contribution in [1.82, 2.24) is 0 Å². The zero-order chi connectivity index (χ0) is 13.0. The summed E-state index contributed by atoms with van der Waals surface area (Å²) in [4.78, 5) is 20.7. The Balaban J connectivity index is 2.96. The molecule has 0 aliphatic carbocycles. The van der Waals surface area contributed by atoms with Crippen molar-refractivity contribution in [3.05, 3.63) is 39.7 Å². The normalized spacial score (nSPS) is 11.9. The Bertz CT molecular complexity index is 450. The Morgan fingerprint density at radius 2 is 2.29 bits per heavy atom. The quantitative estimate of drug-likeness (QED) is 0.478. The average Bonchev–Trinajstić information content (AvgIpc) is 2.30. The molecule has 0 aliphatic heterocycles. The van der Waals surface area contributed by atoms with Crippen LogP contribution in [-0.2, 0) is 16.0 Å². The standard InChI is InChI=1S/C10H11FN2O4/c1-17-10(14)7(12)5-6-3-2-4-8(9(6)11)13(15)16/h2-4,7H,5,12H2,1H3. The first-order chi connectivity index (χ1) is 7.97. The molecule has 1 unspecified atom stereocenters. The Kier molecular flexibility index (Phi) is 4.11. The first kappa shape index (κ1) is 13.0.